The summed E-state index contributed by atoms with van der Waals surface area (Å²) in [4.78, 5) is 0. The molecule has 0 amide bonds. The highest BCUT2D eigenvalue weighted by molar-refractivity contribution is 7.89. The normalized spacial score (nSPS) is 19.6. The monoisotopic (exact) mass is 282 g/mol. The van der Waals surface area contributed by atoms with Crippen molar-refractivity contribution in [2.24, 2.45) is 7.05 Å². The number of aromatic nitrogens is 2. The molecule has 1 heterocycles. The molecule has 1 aromatic heterocycles. The third-order valence-electron chi connectivity index (χ3n) is 3.55. The lowest BCUT2D eigenvalue weighted by Gasteiger charge is -2.25. The number of hydrogen-bond acceptors (Lipinski definition) is 4. The van der Waals surface area contributed by atoms with Crippen molar-refractivity contribution in [3.8, 4) is 6.07 Å². The van der Waals surface area contributed by atoms with Crippen LogP contribution in [-0.4, -0.2) is 23.7 Å². The first-order chi connectivity index (χ1) is 8.99. The molecule has 0 aromatic carbocycles. The minimum absolute atomic E-state index is 0.0892. The molecule has 0 bridgehead atoms. The van der Waals surface area contributed by atoms with Crippen LogP contribution in [0.25, 0.3) is 0 Å². The highest BCUT2D eigenvalue weighted by Gasteiger charge is 2.36. The lowest BCUT2D eigenvalue weighted by Crippen LogP contribution is -2.47. The average Bonchev–Trinajstić information content (AvgIpc) is 2.67. The summed E-state index contributed by atoms with van der Waals surface area (Å²) >= 11 is 0. The van der Waals surface area contributed by atoms with Crippen molar-refractivity contribution in [2.75, 3.05) is 0 Å². The first-order valence-electron chi connectivity index (χ1n) is 6.42. The van der Waals surface area contributed by atoms with Crippen LogP contribution in [0.15, 0.2) is 17.3 Å². The summed E-state index contributed by atoms with van der Waals surface area (Å²) in [6, 6.07) is 3.61. The standard InChI is InChI=1S/C12H18N4O2S/c1-16-11(6-9-14-16)19(17,18)15-12(10-13)7-4-2-3-5-8-12/h6,9,15H,2-5,7-8H2,1H3. The van der Waals surface area contributed by atoms with Gasteiger partial charge in [0.2, 0.25) is 0 Å². The van der Waals surface area contributed by atoms with Crippen LogP contribution in [0.1, 0.15) is 38.5 Å². The van der Waals surface area contributed by atoms with Crippen LogP contribution in [0.4, 0.5) is 0 Å². The fourth-order valence-corrected chi connectivity index (χ4v) is 4.01. The molecule has 1 aliphatic carbocycles. The first-order valence-corrected chi connectivity index (χ1v) is 7.91. The van der Waals surface area contributed by atoms with Crippen LogP contribution in [0.2, 0.25) is 0 Å². The molecule has 1 aromatic rings. The summed E-state index contributed by atoms with van der Waals surface area (Å²) in [5.41, 5.74) is -0.973. The van der Waals surface area contributed by atoms with Gasteiger partial charge in [-0.1, -0.05) is 25.7 Å². The van der Waals surface area contributed by atoms with E-state index in [0.29, 0.717) is 12.8 Å². The Kier molecular flexibility index (Phi) is 3.92. The quantitative estimate of drug-likeness (QED) is 0.847. The molecule has 1 saturated carbocycles. The maximum absolute atomic E-state index is 12.3. The van der Waals surface area contributed by atoms with Gasteiger partial charge >= 0.3 is 0 Å². The Morgan fingerprint density at radius 3 is 2.47 bits per heavy atom. The van der Waals surface area contributed by atoms with Gasteiger partial charge in [-0.05, 0) is 18.9 Å². The molecule has 0 saturated heterocycles. The Morgan fingerprint density at radius 2 is 2.00 bits per heavy atom. The van der Waals surface area contributed by atoms with Gasteiger partial charge in [0.05, 0.1) is 12.3 Å². The lowest BCUT2D eigenvalue weighted by molar-refractivity contribution is 0.419. The Morgan fingerprint density at radius 1 is 1.37 bits per heavy atom. The van der Waals surface area contributed by atoms with Gasteiger partial charge in [-0.3, -0.25) is 4.68 Å². The predicted octanol–water partition coefficient (Wildman–Crippen LogP) is 1.31. The molecule has 0 radical (unpaired) electrons. The summed E-state index contributed by atoms with van der Waals surface area (Å²) in [6.45, 7) is 0. The number of hydrogen-bond donors (Lipinski definition) is 1. The Balaban J connectivity index is 2.28. The van der Waals surface area contributed by atoms with E-state index in [4.69, 9.17) is 0 Å². The summed E-state index contributed by atoms with van der Waals surface area (Å²) in [5, 5.41) is 13.3. The molecule has 2 rings (SSSR count). The number of nitrogens with zero attached hydrogens (tertiary/aromatic N) is 3. The smallest absolute Gasteiger partial charge is 0.256 e. The van der Waals surface area contributed by atoms with Crippen LogP contribution in [0.5, 0.6) is 0 Å². The largest absolute Gasteiger partial charge is 0.259 e. The fourth-order valence-electron chi connectivity index (χ4n) is 2.50. The third-order valence-corrected chi connectivity index (χ3v) is 5.16. The van der Waals surface area contributed by atoms with Crippen molar-refractivity contribution in [2.45, 2.75) is 49.1 Å². The van der Waals surface area contributed by atoms with Crippen LogP contribution >= 0.6 is 0 Å². The Labute approximate surface area is 113 Å². The number of nitriles is 1. The number of sulfonamides is 1. The van der Waals surface area contributed by atoms with Crippen molar-refractivity contribution < 1.29 is 8.42 Å². The van der Waals surface area contributed by atoms with Crippen molar-refractivity contribution >= 4 is 10.0 Å². The summed E-state index contributed by atoms with van der Waals surface area (Å²) < 4.78 is 28.6. The van der Waals surface area contributed by atoms with Gasteiger partial charge < -0.3 is 0 Å². The zero-order valence-electron chi connectivity index (χ0n) is 11.0. The van der Waals surface area contributed by atoms with E-state index in [2.05, 4.69) is 15.9 Å². The van der Waals surface area contributed by atoms with E-state index in [1.165, 1.54) is 16.9 Å². The van der Waals surface area contributed by atoms with E-state index in [1.807, 2.05) is 0 Å². The predicted molar refractivity (Wildman–Crippen MR) is 69.6 cm³/mol. The van der Waals surface area contributed by atoms with Gasteiger partial charge in [0.1, 0.15) is 5.54 Å². The maximum atomic E-state index is 12.3. The summed E-state index contributed by atoms with van der Waals surface area (Å²) in [5.74, 6) is 0. The van der Waals surface area contributed by atoms with E-state index < -0.39 is 15.6 Å². The SMILES string of the molecule is Cn1nccc1S(=O)(=O)NC1(C#N)CCCCCC1. The number of aryl methyl sites for hydroxylation is 1. The zero-order valence-corrected chi connectivity index (χ0v) is 11.8. The van der Waals surface area contributed by atoms with E-state index in [0.717, 1.165) is 25.7 Å². The Bertz CT molecular complexity index is 577. The van der Waals surface area contributed by atoms with E-state index in [1.54, 1.807) is 7.05 Å². The van der Waals surface area contributed by atoms with Crippen molar-refractivity contribution in [3.63, 3.8) is 0 Å². The van der Waals surface area contributed by atoms with Crippen LogP contribution in [0, 0.1) is 11.3 Å². The second kappa shape index (κ2) is 5.31. The topological polar surface area (TPSA) is 87.8 Å². The number of rotatable bonds is 3. The second-order valence-electron chi connectivity index (χ2n) is 5.01. The molecule has 7 heteroatoms. The van der Waals surface area contributed by atoms with Crippen LogP contribution in [-0.2, 0) is 17.1 Å². The van der Waals surface area contributed by atoms with Gasteiger partial charge in [-0.15, -0.1) is 0 Å². The molecule has 0 unspecified atom stereocenters. The lowest BCUT2D eigenvalue weighted by atomic mass is 9.94. The minimum atomic E-state index is -3.71. The Hall–Kier alpha value is -1.39. The molecule has 1 N–H and O–H groups in total. The van der Waals surface area contributed by atoms with Crippen molar-refractivity contribution in [1.82, 2.24) is 14.5 Å². The highest BCUT2D eigenvalue weighted by atomic mass is 32.2. The second-order valence-corrected chi connectivity index (χ2v) is 6.64. The van der Waals surface area contributed by atoms with Crippen LogP contribution < -0.4 is 4.72 Å². The van der Waals surface area contributed by atoms with Crippen molar-refractivity contribution in [1.29, 1.82) is 5.26 Å². The van der Waals surface area contributed by atoms with Gasteiger partial charge in [-0.25, -0.2) is 8.42 Å². The highest BCUT2D eigenvalue weighted by Crippen LogP contribution is 2.28. The van der Waals surface area contributed by atoms with E-state index >= 15 is 0 Å². The van der Waals surface area contributed by atoms with Gasteiger partial charge in [0, 0.05) is 7.05 Å². The summed E-state index contributed by atoms with van der Waals surface area (Å²) in [7, 11) is -2.14. The molecule has 1 fully saturated rings. The third kappa shape index (κ3) is 2.96. The van der Waals surface area contributed by atoms with Gasteiger partial charge in [0.15, 0.2) is 5.03 Å². The first kappa shape index (κ1) is 14.0. The molecule has 6 nitrogen and oxygen atoms in total. The molecular weight excluding hydrogens is 264 g/mol. The molecule has 0 aliphatic heterocycles. The van der Waals surface area contributed by atoms with Gasteiger partial charge in [0.25, 0.3) is 10.0 Å². The number of nitrogens with one attached hydrogen (secondary N) is 1. The van der Waals surface area contributed by atoms with Crippen LogP contribution in [0.3, 0.4) is 0 Å². The van der Waals surface area contributed by atoms with E-state index in [9.17, 15) is 13.7 Å². The molecule has 0 spiro atoms. The minimum Gasteiger partial charge on any atom is -0.256 e. The molecule has 104 valence electrons. The molecule has 19 heavy (non-hydrogen) atoms. The average molecular weight is 282 g/mol. The molecule has 1 aliphatic rings. The summed E-state index contributed by atoms with van der Waals surface area (Å²) in [6.07, 6.45) is 6.43. The fraction of sp³-hybridized carbons (Fsp3) is 0.667. The zero-order chi connectivity index (χ0) is 13.9. The van der Waals surface area contributed by atoms with Gasteiger partial charge in [-0.2, -0.15) is 15.1 Å². The van der Waals surface area contributed by atoms with Crippen molar-refractivity contribution in [3.05, 3.63) is 12.3 Å². The molecule has 0 atom stereocenters. The maximum Gasteiger partial charge on any atom is 0.259 e. The molecular formula is C12H18N4O2S. The van der Waals surface area contributed by atoms with E-state index in [-0.39, 0.29) is 5.03 Å².